The van der Waals surface area contributed by atoms with Crippen LogP contribution >= 0.6 is 0 Å². The minimum absolute atomic E-state index is 0.0967. The largest absolute Gasteiger partial charge is 0.486 e. The summed E-state index contributed by atoms with van der Waals surface area (Å²) in [4.78, 5) is 16.5. The molecule has 0 aliphatic carbocycles. The van der Waals surface area contributed by atoms with Crippen LogP contribution in [0.5, 0.6) is 11.5 Å². The van der Waals surface area contributed by atoms with Crippen LogP contribution in [-0.4, -0.2) is 74.2 Å². The van der Waals surface area contributed by atoms with E-state index >= 15 is 0 Å². The van der Waals surface area contributed by atoms with Crippen molar-refractivity contribution in [1.29, 1.82) is 5.26 Å². The Balaban J connectivity index is 1.49. The molecule has 1 aromatic carbocycles. The van der Waals surface area contributed by atoms with Crippen LogP contribution in [0.15, 0.2) is 36.0 Å². The van der Waals surface area contributed by atoms with Crippen LogP contribution in [0, 0.1) is 11.3 Å². The molecule has 3 rings (SSSR count). The second-order valence-electron chi connectivity index (χ2n) is 6.50. The third-order valence-electron chi connectivity index (χ3n) is 4.62. The van der Waals surface area contributed by atoms with E-state index < -0.39 is 0 Å². The first-order chi connectivity index (χ1) is 13.2. The lowest BCUT2D eigenvalue weighted by Gasteiger charge is -2.34. The number of rotatable bonds is 6. The minimum Gasteiger partial charge on any atom is -0.486 e. The number of nitrogens with zero attached hydrogens (tertiary/aromatic N) is 3. The van der Waals surface area contributed by atoms with Crippen molar-refractivity contribution in [2.24, 2.45) is 5.73 Å². The zero-order valence-electron chi connectivity index (χ0n) is 15.3. The highest BCUT2D eigenvalue weighted by molar-refractivity contribution is 5.97. The Bertz CT molecular complexity index is 722. The highest BCUT2D eigenvalue weighted by Crippen LogP contribution is 2.30. The molecule has 3 N–H and O–H groups in total. The van der Waals surface area contributed by atoms with Crippen molar-refractivity contribution < 1.29 is 14.3 Å². The van der Waals surface area contributed by atoms with E-state index in [1.807, 2.05) is 30.3 Å². The smallest absolute Gasteiger partial charge is 0.266 e. The van der Waals surface area contributed by atoms with Crippen LogP contribution in [0.1, 0.15) is 0 Å². The van der Waals surface area contributed by atoms with Gasteiger partial charge in [0.25, 0.3) is 5.91 Å². The molecular formula is C19H25N5O3. The first-order valence-electron chi connectivity index (χ1n) is 9.15. The summed E-state index contributed by atoms with van der Waals surface area (Å²) < 4.78 is 11.5. The quantitative estimate of drug-likeness (QED) is 0.533. The number of para-hydroxylation sites is 2. The summed E-state index contributed by atoms with van der Waals surface area (Å²) in [5.74, 6) is 1.18. The van der Waals surface area contributed by atoms with Gasteiger partial charge in [-0.3, -0.25) is 9.69 Å². The Morgan fingerprint density at radius 2 is 2.04 bits per heavy atom. The van der Waals surface area contributed by atoms with E-state index in [1.165, 1.54) is 6.20 Å². The van der Waals surface area contributed by atoms with Gasteiger partial charge < -0.3 is 25.4 Å². The predicted octanol–water partition coefficient (Wildman–Crippen LogP) is -0.0736. The summed E-state index contributed by atoms with van der Waals surface area (Å²) >= 11 is 0. The number of fused-ring (bicyclic) bond motifs is 1. The maximum absolute atomic E-state index is 12.5. The lowest BCUT2D eigenvalue weighted by molar-refractivity contribution is -0.128. The Morgan fingerprint density at radius 3 is 2.74 bits per heavy atom. The van der Waals surface area contributed by atoms with E-state index in [2.05, 4.69) is 10.2 Å². The Hall–Kier alpha value is -2.76. The van der Waals surface area contributed by atoms with Gasteiger partial charge in [0.1, 0.15) is 24.4 Å². The third-order valence-corrected chi connectivity index (χ3v) is 4.62. The van der Waals surface area contributed by atoms with E-state index in [0.29, 0.717) is 38.5 Å². The molecule has 2 aliphatic rings. The lowest BCUT2D eigenvalue weighted by atomic mass is 10.2. The zero-order chi connectivity index (χ0) is 19.1. The molecule has 1 fully saturated rings. The number of piperazine rings is 1. The number of benzene rings is 1. The first-order valence-corrected chi connectivity index (χ1v) is 9.15. The van der Waals surface area contributed by atoms with E-state index in [4.69, 9.17) is 15.2 Å². The Kier molecular flexibility index (Phi) is 6.52. The molecule has 8 heteroatoms. The van der Waals surface area contributed by atoms with Gasteiger partial charge in [-0.2, -0.15) is 5.26 Å². The first kappa shape index (κ1) is 19.0. The highest BCUT2D eigenvalue weighted by Gasteiger charge is 2.24. The maximum Gasteiger partial charge on any atom is 0.266 e. The van der Waals surface area contributed by atoms with Gasteiger partial charge in [-0.15, -0.1) is 0 Å². The van der Waals surface area contributed by atoms with Gasteiger partial charge >= 0.3 is 0 Å². The van der Waals surface area contributed by atoms with Crippen molar-refractivity contribution in [2.45, 2.75) is 6.10 Å². The number of carbonyl (C=O) groups is 1. The van der Waals surface area contributed by atoms with Crippen molar-refractivity contribution >= 4 is 5.91 Å². The monoisotopic (exact) mass is 371 g/mol. The summed E-state index contributed by atoms with van der Waals surface area (Å²) in [5.41, 5.74) is 5.66. The van der Waals surface area contributed by atoms with E-state index in [9.17, 15) is 10.1 Å². The fraction of sp³-hybridized carbons (Fsp3) is 0.474. The van der Waals surface area contributed by atoms with Crippen LogP contribution in [0.25, 0.3) is 0 Å². The van der Waals surface area contributed by atoms with Gasteiger partial charge in [0.2, 0.25) is 0 Å². The molecular weight excluding hydrogens is 346 g/mol. The summed E-state index contributed by atoms with van der Waals surface area (Å²) in [5, 5.41) is 12.4. The maximum atomic E-state index is 12.5. The number of nitrogens with two attached hydrogens (primary N) is 1. The van der Waals surface area contributed by atoms with Crippen molar-refractivity contribution in [2.75, 3.05) is 52.4 Å². The van der Waals surface area contributed by atoms with Crippen molar-refractivity contribution in [3.63, 3.8) is 0 Å². The molecule has 1 atom stereocenters. The topological polar surface area (TPSA) is 104 Å². The highest BCUT2D eigenvalue weighted by atomic mass is 16.6. The molecule has 144 valence electrons. The fourth-order valence-corrected chi connectivity index (χ4v) is 3.13. The van der Waals surface area contributed by atoms with Gasteiger partial charge in [0.05, 0.1) is 6.54 Å². The number of nitriles is 1. The van der Waals surface area contributed by atoms with E-state index in [1.54, 1.807) is 4.90 Å². The summed E-state index contributed by atoms with van der Waals surface area (Å²) in [6.45, 7) is 5.07. The van der Waals surface area contributed by atoms with E-state index in [-0.39, 0.29) is 17.6 Å². The van der Waals surface area contributed by atoms with Gasteiger partial charge in [-0.1, -0.05) is 12.1 Å². The number of ether oxygens (including phenoxy) is 2. The molecule has 27 heavy (non-hydrogen) atoms. The molecule has 0 aromatic heterocycles. The molecule has 1 amide bonds. The molecule has 1 aromatic rings. The minimum atomic E-state index is -0.247. The standard InChI is InChI=1S/C19H25N5O3/c20-5-6-23-7-9-24(10-8-23)19(25)15(11-21)12-22-13-16-14-26-17-3-1-2-4-18(17)27-16/h1-4,12,16,22H,5-10,13-14,20H2/b15-12-. The zero-order valence-corrected chi connectivity index (χ0v) is 15.3. The molecule has 0 saturated carbocycles. The molecule has 0 radical (unpaired) electrons. The van der Waals surface area contributed by atoms with Gasteiger partial charge in [0, 0.05) is 45.5 Å². The van der Waals surface area contributed by atoms with E-state index in [0.717, 1.165) is 25.4 Å². The Morgan fingerprint density at radius 1 is 1.30 bits per heavy atom. The summed E-state index contributed by atoms with van der Waals surface area (Å²) in [7, 11) is 0. The van der Waals surface area contributed by atoms with Crippen molar-refractivity contribution in [1.82, 2.24) is 15.1 Å². The predicted molar refractivity (Wildman–Crippen MR) is 100 cm³/mol. The van der Waals surface area contributed by atoms with Gasteiger partial charge in [0.15, 0.2) is 11.5 Å². The number of carbonyl (C=O) groups excluding carboxylic acids is 1. The summed E-state index contributed by atoms with van der Waals surface area (Å²) in [6.07, 6.45) is 1.28. The molecule has 2 aliphatic heterocycles. The fourth-order valence-electron chi connectivity index (χ4n) is 3.13. The average molecular weight is 371 g/mol. The number of amides is 1. The second-order valence-corrected chi connectivity index (χ2v) is 6.50. The third kappa shape index (κ3) is 4.90. The molecule has 1 unspecified atom stereocenters. The molecule has 1 saturated heterocycles. The van der Waals surface area contributed by atoms with Crippen LogP contribution in [0.3, 0.4) is 0 Å². The number of hydrogen-bond acceptors (Lipinski definition) is 7. The molecule has 2 heterocycles. The van der Waals surface area contributed by atoms with Crippen LogP contribution in [0.4, 0.5) is 0 Å². The van der Waals surface area contributed by atoms with Crippen molar-refractivity contribution in [3.8, 4) is 17.6 Å². The number of hydrogen-bond donors (Lipinski definition) is 2. The summed E-state index contributed by atoms with van der Waals surface area (Å²) in [6, 6.07) is 9.48. The van der Waals surface area contributed by atoms with Crippen molar-refractivity contribution in [3.05, 3.63) is 36.0 Å². The van der Waals surface area contributed by atoms with Crippen LogP contribution in [-0.2, 0) is 4.79 Å². The van der Waals surface area contributed by atoms with Crippen LogP contribution in [0.2, 0.25) is 0 Å². The van der Waals surface area contributed by atoms with Crippen LogP contribution < -0.4 is 20.5 Å². The number of nitrogens with one attached hydrogen (secondary N) is 1. The molecule has 0 bridgehead atoms. The normalized spacial score (nSPS) is 20.1. The molecule has 8 nitrogen and oxygen atoms in total. The lowest BCUT2D eigenvalue weighted by Crippen LogP contribution is -2.50. The Labute approximate surface area is 159 Å². The van der Waals surface area contributed by atoms with Gasteiger partial charge in [-0.05, 0) is 12.1 Å². The van der Waals surface area contributed by atoms with Gasteiger partial charge in [-0.25, -0.2) is 0 Å². The average Bonchev–Trinajstić information content (AvgIpc) is 2.71. The molecule has 0 spiro atoms. The SMILES string of the molecule is N#C/C(=C/NCC1COc2ccccc2O1)C(=O)N1CCN(CCN)CC1. The second kappa shape index (κ2) is 9.26.